The number of aromatic nitrogens is 2. The summed E-state index contributed by atoms with van der Waals surface area (Å²) in [6.45, 7) is 2.39. The molecule has 0 unspecified atom stereocenters. The van der Waals surface area contributed by atoms with Crippen molar-refractivity contribution in [3.8, 4) is 0 Å². The van der Waals surface area contributed by atoms with Crippen molar-refractivity contribution >= 4 is 17.5 Å². The van der Waals surface area contributed by atoms with Crippen molar-refractivity contribution in [3.63, 3.8) is 0 Å². The van der Waals surface area contributed by atoms with Crippen molar-refractivity contribution in [2.75, 3.05) is 12.3 Å². The predicted molar refractivity (Wildman–Crippen MR) is 79.7 cm³/mol. The minimum absolute atomic E-state index is 0.0556. The first kappa shape index (κ1) is 15.3. The molecule has 1 saturated carbocycles. The van der Waals surface area contributed by atoms with Gasteiger partial charge in [-0.3, -0.25) is 14.3 Å². The second-order valence-electron chi connectivity index (χ2n) is 5.39. The van der Waals surface area contributed by atoms with Gasteiger partial charge in [0.2, 0.25) is 5.91 Å². The van der Waals surface area contributed by atoms with Gasteiger partial charge in [0.1, 0.15) is 5.69 Å². The van der Waals surface area contributed by atoms with Crippen LogP contribution in [0.1, 0.15) is 48.8 Å². The molecule has 4 N–H and O–H groups in total. The molecule has 7 nitrogen and oxygen atoms in total. The van der Waals surface area contributed by atoms with E-state index in [0.717, 1.165) is 18.5 Å². The summed E-state index contributed by atoms with van der Waals surface area (Å²) in [6, 6.07) is 0.383. The van der Waals surface area contributed by atoms with E-state index in [-0.39, 0.29) is 11.8 Å². The number of hydrogen-bond acceptors (Lipinski definition) is 4. The SMILES string of the molecule is CCc1nn(C)c(C(=O)NCCCC(=O)NC2CC2)c1N. The monoisotopic (exact) mass is 293 g/mol. The number of nitrogens with zero attached hydrogens (tertiary/aromatic N) is 2. The Balaban J connectivity index is 1.76. The largest absolute Gasteiger partial charge is 0.395 e. The van der Waals surface area contributed by atoms with Gasteiger partial charge in [-0.15, -0.1) is 0 Å². The van der Waals surface area contributed by atoms with Crippen LogP contribution in [-0.4, -0.2) is 34.2 Å². The van der Waals surface area contributed by atoms with Gasteiger partial charge in [0, 0.05) is 26.1 Å². The number of carbonyl (C=O) groups excluding carboxylic acids is 2. The second-order valence-corrected chi connectivity index (χ2v) is 5.39. The molecule has 0 bridgehead atoms. The molecular formula is C14H23N5O2. The topological polar surface area (TPSA) is 102 Å². The Morgan fingerprint density at radius 2 is 2.14 bits per heavy atom. The number of amides is 2. The lowest BCUT2D eigenvalue weighted by Crippen LogP contribution is -2.29. The minimum atomic E-state index is -0.246. The van der Waals surface area contributed by atoms with Crippen molar-refractivity contribution in [1.29, 1.82) is 0 Å². The standard InChI is InChI=1S/C14H23N5O2/c1-3-10-12(15)13(19(2)18-10)14(21)16-8-4-5-11(20)17-9-6-7-9/h9H,3-8,15H2,1-2H3,(H,16,21)(H,17,20). The molecule has 21 heavy (non-hydrogen) atoms. The quantitative estimate of drug-likeness (QED) is 0.631. The first-order chi connectivity index (χ1) is 10.0. The van der Waals surface area contributed by atoms with Crippen LogP contribution in [0.25, 0.3) is 0 Å². The van der Waals surface area contributed by atoms with Gasteiger partial charge in [0.05, 0.1) is 11.4 Å². The highest BCUT2D eigenvalue weighted by Crippen LogP contribution is 2.19. The number of aryl methyl sites for hydroxylation is 2. The molecule has 1 aliphatic rings. The third kappa shape index (κ3) is 3.96. The molecule has 2 amide bonds. The maximum absolute atomic E-state index is 12.1. The summed E-state index contributed by atoms with van der Waals surface area (Å²) in [5.74, 6) is -0.190. The number of anilines is 1. The van der Waals surface area contributed by atoms with Crippen LogP contribution in [0.3, 0.4) is 0 Å². The van der Waals surface area contributed by atoms with Crippen LogP contribution in [0.15, 0.2) is 0 Å². The van der Waals surface area contributed by atoms with Crippen molar-refractivity contribution in [3.05, 3.63) is 11.4 Å². The Hall–Kier alpha value is -2.05. The Kier molecular flexibility index (Phi) is 4.82. The van der Waals surface area contributed by atoms with E-state index in [4.69, 9.17) is 5.73 Å². The van der Waals surface area contributed by atoms with Gasteiger partial charge in [0.25, 0.3) is 5.91 Å². The third-order valence-corrected chi connectivity index (χ3v) is 3.52. The molecule has 0 radical (unpaired) electrons. The molecule has 1 aromatic rings. The highest BCUT2D eigenvalue weighted by molar-refractivity contribution is 5.98. The zero-order valence-corrected chi connectivity index (χ0v) is 12.6. The minimum Gasteiger partial charge on any atom is -0.395 e. The molecule has 0 spiro atoms. The fraction of sp³-hybridized carbons (Fsp3) is 0.643. The first-order valence-corrected chi connectivity index (χ1v) is 7.41. The van der Waals surface area contributed by atoms with Crippen LogP contribution in [0.4, 0.5) is 5.69 Å². The van der Waals surface area contributed by atoms with Crippen molar-refractivity contribution in [2.45, 2.75) is 45.1 Å². The molecule has 0 atom stereocenters. The van der Waals surface area contributed by atoms with Gasteiger partial charge < -0.3 is 16.4 Å². The summed E-state index contributed by atoms with van der Waals surface area (Å²) in [4.78, 5) is 23.6. The molecule has 1 heterocycles. The van der Waals surface area contributed by atoms with E-state index >= 15 is 0 Å². The van der Waals surface area contributed by atoms with Crippen molar-refractivity contribution in [2.24, 2.45) is 7.05 Å². The molecular weight excluding hydrogens is 270 g/mol. The summed E-state index contributed by atoms with van der Waals surface area (Å²) < 4.78 is 1.50. The molecule has 0 aliphatic heterocycles. The van der Waals surface area contributed by atoms with E-state index in [1.165, 1.54) is 4.68 Å². The molecule has 1 aliphatic carbocycles. The lowest BCUT2D eigenvalue weighted by molar-refractivity contribution is -0.121. The third-order valence-electron chi connectivity index (χ3n) is 3.52. The summed E-state index contributed by atoms with van der Waals surface area (Å²) in [5.41, 5.74) is 7.47. The Morgan fingerprint density at radius 3 is 2.71 bits per heavy atom. The van der Waals surface area contributed by atoms with Crippen LogP contribution in [0.5, 0.6) is 0 Å². The highest BCUT2D eigenvalue weighted by atomic mass is 16.2. The zero-order chi connectivity index (χ0) is 15.4. The van der Waals surface area contributed by atoms with Gasteiger partial charge in [-0.1, -0.05) is 6.92 Å². The van der Waals surface area contributed by atoms with Gasteiger partial charge in [-0.25, -0.2) is 0 Å². The maximum atomic E-state index is 12.1. The molecule has 1 aromatic heterocycles. The number of carbonyl (C=O) groups is 2. The number of nitrogens with one attached hydrogen (secondary N) is 2. The normalized spacial score (nSPS) is 14.0. The number of rotatable bonds is 7. The van der Waals surface area contributed by atoms with E-state index < -0.39 is 0 Å². The van der Waals surface area contributed by atoms with Crippen LogP contribution in [-0.2, 0) is 18.3 Å². The number of nitrogen functional groups attached to an aromatic ring is 1. The van der Waals surface area contributed by atoms with E-state index in [2.05, 4.69) is 15.7 Å². The van der Waals surface area contributed by atoms with Crippen LogP contribution in [0.2, 0.25) is 0 Å². The van der Waals surface area contributed by atoms with Crippen molar-refractivity contribution < 1.29 is 9.59 Å². The van der Waals surface area contributed by atoms with Crippen LogP contribution in [0, 0.1) is 0 Å². The first-order valence-electron chi connectivity index (χ1n) is 7.41. The molecule has 2 rings (SSSR count). The fourth-order valence-electron chi connectivity index (χ4n) is 2.19. The van der Waals surface area contributed by atoms with E-state index in [9.17, 15) is 9.59 Å². The number of nitrogens with two attached hydrogens (primary N) is 1. The average Bonchev–Trinajstić information content (AvgIpc) is 3.19. The zero-order valence-electron chi connectivity index (χ0n) is 12.6. The summed E-state index contributed by atoms with van der Waals surface area (Å²) in [6.07, 6.45) is 3.90. The summed E-state index contributed by atoms with van der Waals surface area (Å²) >= 11 is 0. The Morgan fingerprint density at radius 1 is 1.43 bits per heavy atom. The maximum Gasteiger partial charge on any atom is 0.271 e. The van der Waals surface area contributed by atoms with Gasteiger partial charge in [-0.2, -0.15) is 5.10 Å². The van der Waals surface area contributed by atoms with E-state index in [1.54, 1.807) is 7.05 Å². The average molecular weight is 293 g/mol. The highest BCUT2D eigenvalue weighted by Gasteiger charge is 2.23. The van der Waals surface area contributed by atoms with E-state index in [1.807, 2.05) is 6.92 Å². The fourth-order valence-corrected chi connectivity index (χ4v) is 2.19. The Labute approximate surface area is 124 Å². The van der Waals surface area contributed by atoms with Gasteiger partial charge >= 0.3 is 0 Å². The number of hydrogen-bond donors (Lipinski definition) is 3. The summed E-state index contributed by atoms with van der Waals surface area (Å²) in [5, 5.41) is 9.91. The molecule has 0 aromatic carbocycles. The van der Waals surface area contributed by atoms with Crippen molar-refractivity contribution in [1.82, 2.24) is 20.4 Å². The molecule has 0 saturated heterocycles. The van der Waals surface area contributed by atoms with Crippen LogP contribution < -0.4 is 16.4 Å². The van der Waals surface area contributed by atoms with Gasteiger partial charge in [0.15, 0.2) is 0 Å². The molecule has 116 valence electrons. The predicted octanol–water partition coefficient (Wildman–Crippen LogP) is 0.353. The Bertz CT molecular complexity index is 534. The van der Waals surface area contributed by atoms with Gasteiger partial charge in [-0.05, 0) is 25.7 Å². The lowest BCUT2D eigenvalue weighted by atomic mass is 10.2. The lowest BCUT2D eigenvalue weighted by Gasteiger charge is -2.06. The molecule has 7 heteroatoms. The molecule has 1 fully saturated rings. The second kappa shape index (κ2) is 6.60. The smallest absolute Gasteiger partial charge is 0.271 e. The van der Waals surface area contributed by atoms with E-state index in [0.29, 0.717) is 43.2 Å². The van der Waals surface area contributed by atoms with Crippen LogP contribution >= 0.6 is 0 Å². The summed E-state index contributed by atoms with van der Waals surface area (Å²) in [7, 11) is 1.70.